The lowest BCUT2D eigenvalue weighted by Gasteiger charge is -2.31. The van der Waals surface area contributed by atoms with Gasteiger partial charge in [0.25, 0.3) is 11.7 Å². The van der Waals surface area contributed by atoms with Crippen molar-refractivity contribution in [2.24, 2.45) is 5.92 Å². The van der Waals surface area contributed by atoms with E-state index >= 15 is 0 Å². The van der Waals surface area contributed by atoms with Gasteiger partial charge >= 0.3 is 0 Å². The molecule has 4 rings (SSSR count). The van der Waals surface area contributed by atoms with Crippen LogP contribution in [0.25, 0.3) is 5.76 Å². The van der Waals surface area contributed by atoms with Crippen molar-refractivity contribution in [3.8, 4) is 17.2 Å². The zero-order valence-corrected chi connectivity index (χ0v) is 25.5. The highest BCUT2D eigenvalue weighted by atomic mass is 16.5. The van der Waals surface area contributed by atoms with E-state index < -0.39 is 17.7 Å². The summed E-state index contributed by atoms with van der Waals surface area (Å²) >= 11 is 0. The first-order chi connectivity index (χ1) is 20.2. The van der Waals surface area contributed by atoms with Crippen molar-refractivity contribution < 1.29 is 33.6 Å². The summed E-state index contributed by atoms with van der Waals surface area (Å²) in [5.74, 6) is 0.601. The summed E-state index contributed by atoms with van der Waals surface area (Å²) in [6.45, 7) is 12.9. The SMILES string of the molecule is CCCCOc1ccc(C2/C(=C(\O)c3ccc(OCC(C)C)cc3C)C(=O)C(=O)N2CCN2CCOCC2)cc1OC. The summed E-state index contributed by atoms with van der Waals surface area (Å²) in [5.41, 5.74) is 1.94. The fraction of sp³-hybridized carbons (Fsp3) is 0.515. The van der Waals surface area contributed by atoms with Gasteiger partial charge in [-0.1, -0.05) is 33.3 Å². The molecular weight excluding hydrogens is 536 g/mol. The summed E-state index contributed by atoms with van der Waals surface area (Å²) in [4.78, 5) is 30.9. The second-order valence-electron chi connectivity index (χ2n) is 11.2. The number of unbranched alkanes of at least 4 members (excludes halogenated alkanes) is 1. The molecule has 9 nitrogen and oxygen atoms in total. The van der Waals surface area contributed by atoms with Gasteiger partial charge in [0, 0.05) is 31.7 Å². The zero-order valence-electron chi connectivity index (χ0n) is 25.5. The first-order valence-electron chi connectivity index (χ1n) is 14.9. The maximum absolute atomic E-state index is 13.6. The van der Waals surface area contributed by atoms with Gasteiger partial charge in [-0.3, -0.25) is 14.5 Å². The number of methoxy groups -OCH3 is 1. The Kier molecular flexibility index (Phi) is 10.9. The van der Waals surface area contributed by atoms with Crippen LogP contribution in [0, 0.1) is 12.8 Å². The maximum atomic E-state index is 13.6. The monoisotopic (exact) mass is 580 g/mol. The molecular formula is C33H44N2O7. The molecule has 2 heterocycles. The largest absolute Gasteiger partial charge is 0.507 e. The number of hydrogen-bond donors (Lipinski definition) is 1. The Balaban J connectivity index is 1.74. The van der Waals surface area contributed by atoms with Crippen LogP contribution in [0.5, 0.6) is 17.2 Å². The van der Waals surface area contributed by atoms with E-state index in [1.54, 1.807) is 36.3 Å². The Morgan fingerprint density at radius 2 is 1.81 bits per heavy atom. The minimum atomic E-state index is -0.791. The third kappa shape index (κ3) is 7.25. The molecule has 0 radical (unpaired) electrons. The summed E-state index contributed by atoms with van der Waals surface area (Å²) in [6.07, 6.45) is 1.91. The van der Waals surface area contributed by atoms with E-state index in [9.17, 15) is 14.7 Å². The molecule has 0 saturated carbocycles. The Labute approximate surface area is 249 Å². The number of ether oxygens (including phenoxy) is 4. The van der Waals surface area contributed by atoms with Crippen LogP contribution in [0.3, 0.4) is 0 Å². The van der Waals surface area contributed by atoms with Crippen LogP contribution in [-0.2, 0) is 14.3 Å². The lowest BCUT2D eigenvalue weighted by Crippen LogP contribution is -2.42. The molecule has 9 heteroatoms. The number of morpholine rings is 1. The predicted octanol–water partition coefficient (Wildman–Crippen LogP) is 4.97. The van der Waals surface area contributed by atoms with E-state index in [0.29, 0.717) is 73.8 Å². The first-order valence-corrected chi connectivity index (χ1v) is 14.9. The van der Waals surface area contributed by atoms with Gasteiger partial charge in [-0.25, -0.2) is 0 Å². The molecule has 2 aromatic rings. The number of rotatable bonds is 13. The number of benzene rings is 2. The smallest absolute Gasteiger partial charge is 0.295 e. The van der Waals surface area contributed by atoms with E-state index in [-0.39, 0.29) is 11.3 Å². The summed E-state index contributed by atoms with van der Waals surface area (Å²) in [5, 5.41) is 11.6. The number of aliphatic hydroxyl groups excluding tert-OH is 1. The summed E-state index contributed by atoms with van der Waals surface area (Å²) < 4.78 is 22.9. The molecule has 0 spiro atoms. The van der Waals surface area contributed by atoms with Gasteiger partial charge in [0.1, 0.15) is 11.5 Å². The molecule has 2 aliphatic heterocycles. The number of ketones is 1. The van der Waals surface area contributed by atoms with E-state index in [1.807, 2.05) is 19.1 Å². The van der Waals surface area contributed by atoms with Crippen molar-refractivity contribution in [2.45, 2.75) is 46.6 Å². The molecule has 0 bridgehead atoms. The minimum Gasteiger partial charge on any atom is -0.507 e. The van der Waals surface area contributed by atoms with Crippen LogP contribution in [0.15, 0.2) is 42.0 Å². The van der Waals surface area contributed by atoms with Crippen LogP contribution in [0.2, 0.25) is 0 Å². The van der Waals surface area contributed by atoms with Crippen molar-refractivity contribution in [3.63, 3.8) is 0 Å². The van der Waals surface area contributed by atoms with E-state index in [1.165, 1.54) is 0 Å². The quantitative estimate of drug-likeness (QED) is 0.154. The average molecular weight is 581 g/mol. The highest BCUT2D eigenvalue weighted by Gasteiger charge is 2.46. The molecule has 1 atom stereocenters. The number of hydrogen-bond acceptors (Lipinski definition) is 8. The highest BCUT2D eigenvalue weighted by molar-refractivity contribution is 6.46. The minimum absolute atomic E-state index is 0.0580. The number of nitrogens with zero attached hydrogens (tertiary/aromatic N) is 2. The van der Waals surface area contributed by atoms with Crippen LogP contribution >= 0.6 is 0 Å². The van der Waals surface area contributed by atoms with Gasteiger partial charge in [-0.2, -0.15) is 0 Å². The van der Waals surface area contributed by atoms with Crippen molar-refractivity contribution in [3.05, 3.63) is 58.7 Å². The lowest BCUT2D eigenvalue weighted by molar-refractivity contribution is -0.140. The Morgan fingerprint density at radius 3 is 2.48 bits per heavy atom. The molecule has 0 aliphatic carbocycles. The van der Waals surface area contributed by atoms with Gasteiger partial charge in [0.15, 0.2) is 11.5 Å². The van der Waals surface area contributed by atoms with Crippen LogP contribution < -0.4 is 14.2 Å². The molecule has 228 valence electrons. The molecule has 2 fully saturated rings. The number of likely N-dealkylation sites (tertiary alicyclic amines) is 1. The van der Waals surface area contributed by atoms with Gasteiger partial charge in [-0.05, 0) is 60.7 Å². The fourth-order valence-corrected chi connectivity index (χ4v) is 5.23. The normalized spacial score (nSPS) is 19.0. The standard InChI is InChI=1S/C33H44N2O7/c1-6-7-16-41-27-11-8-24(20-28(27)39-5)30-29(31(36)26-10-9-25(19-23(26)4)42-21-22(2)3)32(37)33(38)35(30)13-12-34-14-17-40-18-15-34/h8-11,19-20,22,30,36H,6-7,12-18,21H2,1-5H3/b31-29+. The molecule has 2 aliphatic rings. The lowest BCUT2D eigenvalue weighted by atomic mass is 9.93. The zero-order chi connectivity index (χ0) is 30.2. The molecule has 2 saturated heterocycles. The van der Waals surface area contributed by atoms with Gasteiger partial charge in [0.2, 0.25) is 0 Å². The number of aryl methyl sites for hydroxylation is 1. The highest BCUT2D eigenvalue weighted by Crippen LogP contribution is 2.42. The van der Waals surface area contributed by atoms with Crippen molar-refractivity contribution in [1.29, 1.82) is 0 Å². The predicted molar refractivity (Wildman–Crippen MR) is 161 cm³/mol. The second kappa shape index (κ2) is 14.6. The second-order valence-corrected chi connectivity index (χ2v) is 11.2. The summed E-state index contributed by atoms with van der Waals surface area (Å²) in [6, 6.07) is 10.0. The summed E-state index contributed by atoms with van der Waals surface area (Å²) in [7, 11) is 1.56. The molecule has 0 aromatic heterocycles. The van der Waals surface area contributed by atoms with Crippen molar-refractivity contribution in [2.75, 3.05) is 59.7 Å². The topological polar surface area (TPSA) is 97.8 Å². The van der Waals surface area contributed by atoms with Crippen LogP contribution in [-0.4, -0.2) is 86.3 Å². The maximum Gasteiger partial charge on any atom is 0.295 e. The van der Waals surface area contributed by atoms with Gasteiger partial charge in [-0.15, -0.1) is 0 Å². The van der Waals surface area contributed by atoms with Gasteiger partial charge in [0.05, 0.1) is 45.2 Å². The third-order valence-electron chi connectivity index (χ3n) is 7.60. The number of aliphatic hydroxyl groups is 1. The third-order valence-corrected chi connectivity index (χ3v) is 7.60. The fourth-order valence-electron chi connectivity index (χ4n) is 5.23. The average Bonchev–Trinajstić information content (AvgIpc) is 3.24. The number of amides is 1. The van der Waals surface area contributed by atoms with Crippen molar-refractivity contribution >= 4 is 17.4 Å². The first kappa shape index (κ1) is 31.4. The van der Waals surface area contributed by atoms with Crippen LogP contribution in [0.1, 0.15) is 56.3 Å². The molecule has 1 unspecified atom stereocenters. The van der Waals surface area contributed by atoms with E-state index in [2.05, 4.69) is 25.7 Å². The Hall–Kier alpha value is -3.56. The molecule has 1 amide bonds. The van der Waals surface area contributed by atoms with E-state index in [0.717, 1.165) is 31.5 Å². The Bertz CT molecular complexity index is 1280. The molecule has 2 aromatic carbocycles. The van der Waals surface area contributed by atoms with Crippen molar-refractivity contribution in [1.82, 2.24) is 9.80 Å². The number of carbonyl (C=O) groups excluding carboxylic acids is 2. The van der Waals surface area contributed by atoms with Gasteiger partial charge < -0.3 is 29.0 Å². The Morgan fingerprint density at radius 1 is 1.05 bits per heavy atom. The molecule has 42 heavy (non-hydrogen) atoms. The molecule has 1 N–H and O–H groups in total. The van der Waals surface area contributed by atoms with E-state index in [4.69, 9.17) is 18.9 Å². The van der Waals surface area contributed by atoms with Crippen LogP contribution in [0.4, 0.5) is 0 Å². The number of carbonyl (C=O) groups is 2. The number of Topliss-reactive ketones (excluding diaryl/α,β-unsaturated/α-hetero) is 1.